The van der Waals surface area contributed by atoms with Crippen molar-refractivity contribution in [2.75, 3.05) is 6.54 Å². The normalized spacial score (nSPS) is 11.7. The van der Waals surface area contributed by atoms with Crippen LogP contribution in [0.3, 0.4) is 0 Å². The van der Waals surface area contributed by atoms with E-state index >= 15 is 0 Å². The minimum atomic E-state index is -4.28. The summed E-state index contributed by atoms with van der Waals surface area (Å²) in [7, 11) is 0. The molecule has 1 nitrogen and oxygen atoms in total. The van der Waals surface area contributed by atoms with Crippen LogP contribution in [0.5, 0.6) is 0 Å². The summed E-state index contributed by atoms with van der Waals surface area (Å²) in [5, 5.41) is 5.92. The van der Waals surface area contributed by atoms with Crippen molar-refractivity contribution in [3.05, 3.63) is 83.4 Å². The number of fused-ring (bicyclic) bond motifs is 1. The van der Waals surface area contributed by atoms with E-state index in [-0.39, 0.29) is 6.04 Å². The summed E-state index contributed by atoms with van der Waals surface area (Å²) in [6.45, 7) is 10.9. The largest absolute Gasteiger partial charge is 0.416 e. The maximum absolute atomic E-state index is 12.8. The molecule has 0 saturated heterocycles. The fourth-order valence-electron chi connectivity index (χ4n) is 3.25. The molecule has 1 N–H and O–H groups in total. The van der Waals surface area contributed by atoms with E-state index in [2.05, 4.69) is 42.6 Å². The van der Waals surface area contributed by atoms with Crippen molar-refractivity contribution in [1.82, 2.24) is 5.32 Å². The Kier molecular flexibility index (Phi) is 11.2. The second-order valence-corrected chi connectivity index (χ2v) is 6.55. The highest BCUT2D eigenvalue weighted by molar-refractivity contribution is 5.86. The van der Waals surface area contributed by atoms with Gasteiger partial charge in [-0.1, -0.05) is 88.4 Å². The molecule has 0 amide bonds. The third-order valence-corrected chi connectivity index (χ3v) is 4.64. The quantitative estimate of drug-likeness (QED) is 0.399. The van der Waals surface area contributed by atoms with Gasteiger partial charge in [-0.2, -0.15) is 13.2 Å². The molecule has 3 rings (SSSR count). The molecule has 3 aromatic rings. The molecule has 0 aliphatic rings. The molecule has 0 heterocycles. The van der Waals surface area contributed by atoms with E-state index in [9.17, 15) is 13.2 Å². The Balaban J connectivity index is 0.00000106. The van der Waals surface area contributed by atoms with Gasteiger partial charge in [0.15, 0.2) is 0 Å². The highest BCUT2D eigenvalue weighted by Crippen LogP contribution is 2.29. The number of hydrogen-bond acceptors (Lipinski definition) is 1. The number of nitrogens with one attached hydrogen (secondary N) is 1. The number of rotatable bonds is 6. The summed E-state index contributed by atoms with van der Waals surface area (Å²) in [6.07, 6.45) is -2.87. The van der Waals surface area contributed by atoms with Crippen LogP contribution in [0.15, 0.2) is 66.7 Å². The molecule has 1 atom stereocenters. The Bertz CT molecular complexity index is 866. The van der Waals surface area contributed by atoms with Crippen molar-refractivity contribution < 1.29 is 13.2 Å². The highest BCUT2D eigenvalue weighted by atomic mass is 19.4. The number of hydrogen-bond donors (Lipinski definition) is 1. The second-order valence-electron chi connectivity index (χ2n) is 6.55. The van der Waals surface area contributed by atoms with Crippen molar-refractivity contribution >= 4 is 10.8 Å². The molecular weight excluding hydrogens is 383 g/mol. The Morgan fingerprint density at radius 1 is 0.833 bits per heavy atom. The fourth-order valence-corrected chi connectivity index (χ4v) is 3.25. The fraction of sp³-hybridized carbons (Fsp3) is 0.385. The highest BCUT2D eigenvalue weighted by Gasteiger charge is 2.30. The minimum Gasteiger partial charge on any atom is -0.310 e. The van der Waals surface area contributed by atoms with Gasteiger partial charge >= 0.3 is 6.18 Å². The van der Waals surface area contributed by atoms with Gasteiger partial charge in [-0.25, -0.2) is 0 Å². The minimum absolute atomic E-state index is 0.183. The van der Waals surface area contributed by atoms with Gasteiger partial charge in [0.25, 0.3) is 0 Å². The summed E-state index contributed by atoms with van der Waals surface area (Å²) < 4.78 is 38.3. The van der Waals surface area contributed by atoms with Gasteiger partial charge in [-0.05, 0) is 54.3 Å². The van der Waals surface area contributed by atoms with Crippen molar-refractivity contribution in [3.63, 3.8) is 0 Å². The van der Waals surface area contributed by atoms with Gasteiger partial charge in [-0.15, -0.1) is 0 Å². The molecule has 30 heavy (non-hydrogen) atoms. The number of halogens is 3. The van der Waals surface area contributed by atoms with Crippen LogP contribution in [0.4, 0.5) is 13.2 Å². The topological polar surface area (TPSA) is 12.0 Å². The molecule has 0 saturated carbocycles. The van der Waals surface area contributed by atoms with Gasteiger partial charge in [0.05, 0.1) is 5.56 Å². The summed E-state index contributed by atoms with van der Waals surface area (Å²) in [4.78, 5) is 0. The molecule has 0 spiro atoms. The summed E-state index contributed by atoms with van der Waals surface area (Å²) >= 11 is 0. The standard InChI is InChI=1S/C22H22F3N.2C2H6/c1-16(20-13-5-10-18-9-2-3-12-21(18)20)26-14-6-8-17-7-4-11-19(15-17)22(23,24)25;2*1-2/h2-5,7,9-13,15-16,26H,6,8,14H2,1H3;2*1-2H3. The number of benzene rings is 3. The molecular formula is C26H34F3N. The predicted octanol–water partition coefficient (Wildman–Crippen LogP) is 8.19. The van der Waals surface area contributed by atoms with Gasteiger partial charge < -0.3 is 5.32 Å². The van der Waals surface area contributed by atoms with Crippen LogP contribution >= 0.6 is 0 Å². The summed E-state index contributed by atoms with van der Waals surface area (Å²) in [5.41, 5.74) is 1.38. The lowest BCUT2D eigenvalue weighted by Gasteiger charge is -2.17. The Morgan fingerprint density at radius 2 is 1.47 bits per heavy atom. The first-order chi connectivity index (χ1) is 14.4. The van der Waals surface area contributed by atoms with Crippen LogP contribution < -0.4 is 5.32 Å². The van der Waals surface area contributed by atoms with E-state index in [1.807, 2.05) is 39.8 Å². The Morgan fingerprint density at radius 3 is 2.17 bits per heavy atom. The number of alkyl halides is 3. The van der Waals surface area contributed by atoms with Crippen LogP contribution in [0.2, 0.25) is 0 Å². The lowest BCUT2D eigenvalue weighted by Crippen LogP contribution is -2.20. The van der Waals surface area contributed by atoms with Crippen LogP contribution in [0, 0.1) is 0 Å². The molecule has 4 heteroatoms. The third-order valence-electron chi connectivity index (χ3n) is 4.64. The first-order valence-corrected chi connectivity index (χ1v) is 10.8. The number of aryl methyl sites for hydroxylation is 1. The predicted molar refractivity (Wildman–Crippen MR) is 123 cm³/mol. The molecule has 1 unspecified atom stereocenters. The maximum Gasteiger partial charge on any atom is 0.416 e. The zero-order chi connectivity index (χ0) is 22.6. The molecule has 0 aromatic heterocycles. The lowest BCUT2D eigenvalue weighted by molar-refractivity contribution is -0.137. The Hall–Kier alpha value is -2.33. The first-order valence-electron chi connectivity index (χ1n) is 10.8. The molecule has 0 aliphatic carbocycles. The van der Waals surface area contributed by atoms with E-state index in [0.29, 0.717) is 6.42 Å². The van der Waals surface area contributed by atoms with Crippen molar-refractivity contribution in [1.29, 1.82) is 0 Å². The third kappa shape index (κ3) is 7.49. The average molecular weight is 418 g/mol. The molecule has 0 bridgehead atoms. The zero-order valence-corrected chi connectivity index (χ0v) is 18.7. The maximum atomic E-state index is 12.8. The summed E-state index contributed by atoms with van der Waals surface area (Å²) in [5.74, 6) is 0. The average Bonchev–Trinajstić information content (AvgIpc) is 2.78. The smallest absolute Gasteiger partial charge is 0.310 e. The van der Waals surface area contributed by atoms with Crippen molar-refractivity contribution in [2.24, 2.45) is 0 Å². The second kappa shape index (κ2) is 13.1. The van der Waals surface area contributed by atoms with E-state index in [1.54, 1.807) is 6.07 Å². The van der Waals surface area contributed by atoms with Crippen LogP contribution in [0.25, 0.3) is 10.8 Å². The van der Waals surface area contributed by atoms with Crippen LogP contribution in [-0.4, -0.2) is 6.54 Å². The molecule has 0 fully saturated rings. The van der Waals surface area contributed by atoms with Gasteiger partial charge in [0, 0.05) is 6.04 Å². The van der Waals surface area contributed by atoms with Crippen LogP contribution in [-0.2, 0) is 12.6 Å². The molecule has 164 valence electrons. The van der Waals surface area contributed by atoms with Gasteiger partial charge in [0.1, 0.15) is 0 Å². The summed E-state index contributed by atoms with van der Waals surface area (Å²) in [6, 6.07) is 20.3. The van der Waals surface area contributed by atoms with Gasteiger partial charge in [0.2, 0.25) is 0 Å². The van der Waals surface area contributed by atoms with E-state index in [4.69, 9.17) is 0 Å². The van der Waals surface area contributed by atoms with Crippen molar-refractivity contribution in [3.8, 4) is 0 Å². The SMILES string of the molecule is CC.CC.CC(NCCCc1cccc(C(F)(F)F)c1)c1cccc2ccccc12. The van der Waals surface area contributed by atoms with Crippen LogP contribution in [0.1, 0.15) is 63.8 Å². The molecule has 0 aliphatic heterocycles. The van der Waals surface area contributed by atoms with E-state index < -0.39 is 11.7 Å². The zero-order valence-electron chi connectivity index (χ0n) is 18.7. The molecule has 0 radical (unpaired) electrons. The first kappa shape index (κ1) is 25.7. The lowest BCUT2D eigenvalue weighted by atomic mass is 9.99. The van der Waals surface area contributed by atoms with Crippen molar-refractivity contribution in [2.45, 2.75) is 59.7 Å². The molecule has 3 aromatic carbocycles. The monoisotopic (exact) mass is 417 g/mol. The Labute approximate surface area is 179 Å². The van der Waals surface area contributed by atoms with Gasteiger partial charge in [-0.3, -0.25) is 0 Å². The van der Waals surface area contributed by atoms with E-state index in [1.165, 1.54) is 28.5 Å². The van der Waals surface area contributed by atoms with E-state index in [0.717, 1.165) is 24.6 Å².